The smallest absolute Gasteiger partial charge is 0.179 e. The molecular weight excluding hydrogens is 480 g/mol. The molecule has 6 aromatic rings. The number of amidine groups is 1. The summed E-state index contributed by atoms with van der Waals surface area (Å²) >= 11 is 0. The molecule has 3 N–H and O–H groups in total. The van der Waals surface area contributed by atoms with Gasteiger partial charge in [0.2, 0.25) is 0 Å². The van der Waals surface area contributed by atoms with Gasteiger partial charge in [0.15, 0.2) is 8.07 Å². The second-order valence-corrected chi connectivity index (χ2v) is 12.6. The molecule has 176 valence electrons. The van der Waals surface area contributed by atoms with E-state index in [1.54, 1.807) is 0 Å². The van der Waals surface area contributed by atoms with Crippen LogP contribution in [0, 0.1) is 5.41 Å². The van der Waals surface area contributed by atoms with Crippen LogP contribution >= 0.6 is 12.4 Å². The van der Waals surface area contributed by atoms with Crippen molar-refractivity contribution in [3.05, 3.63) is 133 Å². The Bertz CT molecular complexity index is 1570. The van der Waals surface area contributed by atoms with E-state index < -0.39 is 8.07 Å². The Morgan fingerprint density at radius 2 is 1.00 bits per heavy atom. The Morgan fingerprint density at radius 1 is 0.556 bits per heavy atom. The van der Waals surface area contributed by atoms with Crippen molar-refractivity contribution in [3.63, 3.8) is 0 Å². The lowest BCUT2D eigenvalue weighted by molar-refractivity contribution is 0.669. The number of benzene rings is 5. The number of hydrogen-bond acceptors (Lipinski definition) is 2. The summed E-state index contributed by atoms with van der Waals surface area (Å²) in [7, 11) is -2.62. The minimum absolute atomic E-state index is 0. The number of rotatable bonds is 5. The first-order valence-electron chi connectivity index (χ1n) is 11.7. The molecule has 0 atom stereocenters. The van der Waals surface area contributed by atoms with Crippen molar-refractivity contribution in [3.8, 4) is 0 Å². The standard InChI is InChI=1S/C31H24N2OSi.ClH/c32-31(33)22-16-18-29-27(20-22)28-21-26(17-19-30(28)34-29)35(23-10-4-1-5-11-23,24-12-6-2-7-13-24)25-14-8-3-9-15-25;/h1-21H,(H3,32,33);1H. The van der Waals surface area contributed by atoms with Crippen molar-refractivity contribution < 1.29 is 4.42 Å². The van der Waals surface area contributed by atoms with Gasteiger partial charge in [-0.15, -0.1) is 12.4 Å². The molecule has 1 aromatic heterocycles. The maximum Gasteiger partial charge on any atom is 0.179 e. The van der Waals surface area contributed by atoms with E-state index in [2.05, 4.69) is 109 Å². The lowest BCUT2D eigenvalue weighted by Crippen LogP contribution is -2.74. The Morgan fingerprint density at radius 3 is 1.47 bits per heavy atom. The summed E-state index contributed by atoms with van der Waals surface area (Å²) in [6.07, 6.45) is 0. The van der Waals surface area contributed by atoms with E-state index in [1.165, 1.54) is 20.7 Å². The van der Waals surface area contributed by atoms with Crippen LogP contribution in [0.5, 0.6) is 0 Å². The van der Waals surface area contributed by atoms with Crippen LogP contribution < -0.4 is 26.5 Å². The van der Waals surface area contributed by atoms with Gasteiger partial charge in [0.05, 0.1) is 0 Å². The highest BCUT2D eigenvalue weighted by Gasteiger charge is 2.41. The minimum atomic E-state index is -2.62. The van der Waals surface area contributed by atoms with E-state index in [4.69, 9.17) is 15.6 Å². The van der Waals surface area contributed by atoms with Crippen LogP contribution in [0.2, 0.25) is 0 Å². The Hall–Kier alpha value is -4.12. The molecule has 0 fully saturated rings. The lowest BCUT2D eigenvalue weighted by atomic mass is 10.1. The van der Waals surface area contributed by atoms with Gasteiger partial charge in [0.1, 0.15) is 17.0 Å². The molecule has 5 heteroatoms. The molecule has 0 aliphatic rings. The fourth-order valence-corrected chi connectivity index (χ4v) is 10.0. The zero-order valence-corrected chi connectivity index (χ0v) is 21.3. The summed E-state index contributed by atoms with van der Waals surface area (Å²) < 4.78 is 6.18. The van der Waals surface area contributed by atoms with Gasteiger partial charge >= 0.3 is 0 Å². The zero-order chi connectivity index (χ0) is 23.8. The molecule has 0 aliphatic carbocycles. The van der Waals surface area contributed by atoms with Crippen LogP contribution in [0.25, 0.3) is 21.9 Å². The first-order chi connectivity index (χ1) is 17.2. The minimum Gasteiger partial charge on any atom is -0.456 e. The molecule has 0 unspecified atom stereocenters. The quantitative estimate of drug-likeness (QED) is 0.155. The van der Waals surface area contributed by atoms with Gasteiger partial charge in [-0.1, -0.05) is 103 Å². The Kier molecular flexibility index (Phi) is 6.23. The van der Waals surface area contributed by atoms with E-state index in [-0.39, 0.29) is 18.2 Å². The second-order valence-electron chi connectivity index (χ2n) is 8.79. The maximum absolute atomic E-state index is 7.90. The van der Waals surface area contributed by atoms with Gasteiger partial charge < -0.3 is 10.2 Å². The average molecular weight is 505 g/mol. The summed E-state index contributed by atoms with van der Waals surface area (Å²) in [6.45, 7) is 0. The van der Waals surface area contributed by atoms with Crippen LogP contribution in [0.15, 0.2) is 132 Å². The maximum atomic E-state index is 7.90. The normalized spacial score (nSPS) is 11.3. The number of hydrogen-bond donors (Lipinski definition) is 2. The van der Waals surface area contributed by atoms with Crippen LogP contribution in [0.3, 0.4) is 0 Å². The van der Waals surface area contributed by atoms with Gasteiger partial charge in [-0.2, -0.15) is 0 Å². The fraction of sp³-hybridized carbons (Fsp3) is 0. The second kappa shape index (κ2) is 9.50. The molecule has 6 rings (SSSR count). The number of nitrogens with two attached hydrogens (primary N) is 1. The van der Waals surface area contributed by atoms with Crippen LogP contribution in [0.1, 0.15) is 5.56 Å². The highest BCUT2D eigenvalue weighted by Crippen LogP contribution is 2.29. The van der Waals surface area contributed by atoms with Crippen molar-refractivity contribution in [1.82, 2.24) is 0 Å². The summed E-state index contributed by atoms with van der Waals surface area (Å²) in [4.78, 5) is 0. The van der Waals surface area contributed by atoms with E-state index >= 15 is 0 Å². The lowest BCUT2D eigenvalue weighted by Gasteiger charge is -2.34. The molecule has 0 aliphatic heterocycles. The summed E-state index contributed by atoms with van der Waals surface area (Å²) in [5.41, 5.74) is 8.14. The SMILES string of the molecule is Cl.N=C(N)c1ccc2oc3ccc([Si](c4ccccc4)(c4ccccc4)c4ccccc4)cc3c2c1. The molecule has 0 saturated heterocycles. The molecule has 0 bridgehead atoms. The zero-order valence-electron chi connectivity index (χ0n) is 19.5. The average Bonchev–Trinajstić information content (AvgIpc) is 3.28. The molecule has 0 saturated carbocycles. The van der Waals surface area contributed by atoms with E-state index in [0.717, 1.165) is 21.9 Å². The van der Waals surface area contributed by atoms with E-state index in [9.17, 15) is 0 Å². The predicted molar refractivity (Wildman–Crippen MR) is 156 cm³/mol. The van der Waals surface area contributed by atoms with E-state index in [1.807, 2.05) is 18.2 Å². The first kappa shape index (κ1) is 23.6. The van der Waals surface area contributed by atoms with Gasteiger partial charge in [-0.05, 0) is 45.0 Å². The third-order valence-corrected chi connectivity index (χ3v) is 11.6. The molecule has 0 radical (unpaired) electrons. The Labute approximate surface area is 217 Å². The van der Waals surface area contributed by atoms with Gasteiger partial charge in [-0.3, -0.25) is 5.41 Å². The number of fused-ring (bicyclic) bond motifs is 3. The van der Waals surface area contributed by atoms with Gasteiger partial charge in [-0.25, -0.2) is 0 Å². The Balaban J connectivity index is 0.00000267. The summed E-state index contributed by atoms with van der Waals surface area (Å²) in [6, 6.07) is 44.9. The van der Waals surface area contributed by atoms with Crippen molar-refractivity contribution in [2.45, 2.75) is 0 Å². The van der Waals surface area contributed by atoms with Gasteiger partial charge in [0, 0.05) is 16.3 Å². The molecule has 0 amide bonds. The first-order valence-corrected chi connectivity index (χ1v) is 13.7. The molecule has 1 heterocycles. The number of nitrogen functional groups attached to an aromatic ring is 1. The third kappa shape index (κ3) is 3.72. The number of halogens is 1. The summed E-state index contributed by atoms with van der Waals surface area (Å²) in [5, 5.41) is 15.2. The molecule has 36 heavy (non-hydrogen) atoms. The highest BCUT2D eigenvalue weighted by atomic mass is 35.5. The molecule has 5 aromatic carbocycles. The number of furan rings is 1. The van der Waals surface area contributed by atoms with Gasteiger partial charge in [0.25, 0.3) is 0 Å². The third-order valence-electron chi connectivity index (χ3n) is 6.83. The molecule has 3 nitrogen and oxygen atoms in total. The highest BCUT2D eigenvalue weighted by molar-refractivity contribution is 7.20. The fourth-order valence-electron chi connectivity index (χ4n) is 5.24. The van der Waals surface area contributed by atoms with Crippen molar-refractivity contribution in [2.24, 2.45) is 5.73 Å². The molecule has 0 spiro atoms. The predicted octanol–water partition coefficient (Wildman–Crippen LogP) is 4.67. The van der Waals surface area contributed by atoms with Crippen LogP contribution in [0.4, 0.5) is 0 Å². The van der Waals surface area contributed by atoms with Crippen LogP contribution in [-0.2, 0) is 0 Å². The van der Waals surface area contributed by atoms with Crippen molar-refractivity contribution in [2.75, 3.05) is 0 Å². The number of nitrogens with one attached hydrogen (secondary N) is 1. The van der Waals surface area contributed by atoms with Crippen molar-refractivity contribution >= 4 is 69.0 Å². The molecular formula is C31H25ClN2OSi. The largest absolute Gasteiger partial charge is 0.456 e. The monoisotopic (exact) mass is 504 g/mol. The van der Waals surface area contributed by atoms with Crippen molar-refractivity contribution in [1.29, 1.82) is 5.41 Å². The van der Waals surface area contributed by atoms with Crippen LogP contribution in [-0.4, -0.2) is 13.9 Å². The van der Waals surface area contributed by atoms with E-state index in [0.29, 0.717) is 5.56 Å². The topological polar surface area (TPSA) is 63.0 Å². The summed E-state index contributed by atoms with van der Waals surface area (Å²) in [5.74, 6) is 0.0546.